The van der Waals surface area contributed by atoms with Gasteiger partial charge < -0.3 is 10.2 Å². The predicted molar refractivity (Wildman–Crippen MR) is 49.9 cm³/mol. The van der Waals surface area contributed by atoms with E-state index in [0.29, 0.717) is 25.6 Å². The van der Waals surface area contributed by atoms with Crippen molar-refractivity contribution in [3.8, 4) is 0 Å². The summed E-state index contributed by atoms with van der Waals surface area (Å²) in [5.74, 6) is 5.87. The Morgan fingerprint density at radius 1 is 1.85 bits per heavy atom. The van der Waals surface area contributed by atoms with Crippen molar-refractivity contribution in [1.29, 1.82) is 0 Å². The van der Waals surface area contributed by atoms with Gasteiger partial charge >= 0.3 is 0 Å². The normalized spacial score (nSPS) is 18.5. The SMILES string of the molecule is CCN=C(NN)N1CCNC(=O)C1. The molecule has 4 N–H and O–H groups in total. The first kappa shape index (κ1) is 9.79. The van der Waals surface area contributed by atoms with Crippen molar-refractivity contribution in [3.63, 3.8) is 0 Å². The number of carbonyl (C=O) groups is 1. The first-order chi connectivity index (χ1) is 6.27. The molecule has 0 bridgehead atoms. The zero-order valence-electron chi connectivity index (χ0n) is 7.71. The molecular weight excluding hydrogens is 170 g/mol. The monoisotopic (exact) mass is 185 g/mol. The van der Waals surface area contributed by atoms with Gasteiger partial charge in [0.25, 0.3) is 0 Å². The van der Waals surface area contributed by atoms with E-state index in [9.17, 15) is 4.79 Å². The third kappa shape index (κ3) is 2.59. The van der Waals surface area contributed by atoms with Crippen LogP contribution in [-0.2, 0) is 4.79 Å². The molecule has 0 aromatic heterocycles. The van der Waals surface area contributed by atoms with Crippen molar-refractivity contribution in [3.05, 3.63) is 0 Å². The van der Waals surface area contributed by atoms with Gasteiger partial charge in [0, 0.05) is 19.6 Å². The Kier molecular flexibility index (Phi) is 3.51. The highest BCUT2D eigenvalue weighted by Gasteiger charge is 2.18. The van der Waals surface area contributed by atoms with Gasteiger partial charge in [0.05, 0.1) is 6.54 Å². The lowest BCUT2D eigenvalue weighted by Crippen LogP contribution is -2.55. The second-order valence-corrected chi connectivity index (χ2v) is 2.71. The van der Waals surface area contributed by atoms with Gasteiger partial charge in [-0.05, 0) is 6.92 Å². The maximum Gasteiger partial charge on any atom is 0.239 e. The van der Waals surface area contributed by atoms with Crippen molar-refractivity contribution >= 4 is 11.9 Å². The van der Waals surface area contributed by atoms with Crippen LogP contribution in [0.2, 0.25) is 0 Å². The fourth-order valence-electron chi connectivity index (χ4n) is 1.21. The molecule has 6 nitrogen and oxygen atoms in total. The molecule has 0 spiro atoms. The number of guanidine groups is 1. The summed E-state index contributed by atoms with van der Waals surface area (Å²) in [6, 6.07) is 0. The minimum atomic E-state index is 0.00491. The molecule has 1 saturated heterocycles. The molecule has 1 amide bonds. The lowest BCUT2D eigenvalue weighted by Gasteiger charge is -2.28. The van der Waals surface area contributed by atoms with Gasteiger partial charge in [-0.3, -0.25) is 15.2 Å². The molecule has 13 heavy (non-hydrogen) atoms. The first-order valence-electron chi connectivity index (χ1n) is 4.30. The van der Waals surface area contributed by atoms with Crippen molar-refractivity contribution in [2.24, 2.45) is 10.8 Å². The first-order valence-corrected chi connectivity index (χ1v) is 4.30. The third-order valence-corrected chi connectivity index (χ3v) is 1.77. The molecule has 1 heterocycles. The van der Waals surface area contributed by atoms with Gasteiger partial charge in [-0.15, -0.1) is 0 Å². The van der Waals surface area contributed by atoms with Crippen molar-refractivity contribution in [2.45, 2.75) is 6.92 Å². The summed E-state index contributed by atoms with van der Waals surface area (Å²) in [7, 11) is 0. The quantitative estimate of drug-likeness (QED) is 0.196. The van der Waals surface area contributed by atoms with Crippen LogP contribution in [0.15, 0.2) is 4.99 Å². The van der Waals surface area contributed by atoms with Gasteiger partial charge in [0.1, 0.15) is 0 Å². The van der Waals surface area contributed by atoms with Crippen LogP contribution in [0.3, 0.4) is 0 Å². The fourth-order valence-corrected chi connectivity index (χ4v) is 1.21. The van der Waals surface area contributed by atoms with Gasteiger partial charge in [0.2, 0.25) is 11.9 Å². The van der Waals surface area contributed by atoms with Gasteiger partial charge in [-0.1, -0.05) is 0 Å². The summed E-state index contributed by atoms with van der Waals surface area (Å²) in [4.78, 5) is 17.0. The van der Waals surface area contributed by atoms with Crippen LogP contribution in [-0.4, -0.2) is 42.9 Å². The third-order valence-electron chi connectivity index (χ3n) is 1.77. The molecule has 0 saturated carbocycles. The molecule has 74 valence electrons. The number of hydrogen-bond donors (Lipinski definition) is 3. The summed E-state index contributed by atoms with van der Waals surface area (Å²) < 4.78 is 0. The summed E-state index contributed by atoms with van der Waals surface area (Å²) in [5, 5.41) is 2.73. The number of rotatable bonds is 1. The highest BCUT2D eigenvalue weighted by Crippen LogP contribution is 1.93. The predicted octanol–water partition coefficient (Wildman–Crippen LogP) is -1.74. The van der Waals surface area contributed by atoms with E-state index in [1.807, 2.05) is 11.8 Å². The molecule has 1 fully saturated rings. The zero-order valence-corrected chi connectivity index (χ0v) is 7.71. The van der Waals surface area contributed by atoms with E-state index < -0.39 is 0 Å². The molecule has 1 rings (SSSR count). The van der Waals surface area contributed by atoms with E-state index in [4.69, 9.17) is 5.84 Å². The molecule has 1 aliphatic heterocycles. The van der Waals surface area contributed by atoms with Crippen LogP contribution in [0.5, 0.6) is 0 Å². The summed E-state index contributed by atoms with van der Waals surface area (Å²) in [6.45, 7) is 4.28. The number of nitrogens with one attached hydrogen (secondary N) is 2. The highest BCUT2D eigenvalue weighted by atomic mass is 16.2. The number of aliphatic imine (C=N–C) groups is 1. The second kappa shape index (κ2) is 4.66. The molecule has 0 aromatic carbocycles. The van der Waals surface area contributed by atoms with E-state index >= 15 is 0 Å². The van der Waals surface area contributed by atoms with Crippen LogP contribution in [0.1, 0.15) is 6.92 Å². The summed E-state index contributed by atoms with van der Waals surface area (Å²) in [6.07, 6.45) is 0. The number of piperazine rings is 1. The fraction of sp³-hybridized carbons (Fsp3) is 0.714. The lowest BCUT2D eigenvalue weighted by atomic mass is 10.4. The average Bonchev–Trinajstić information content (AvgIpc) is 2.14. The number of amides is 1. The Morgan fingerprint density at radius 3 is 3.15 bits per heavy atom. The Morgan fingerprint density at radius 2 is 2.62 bits per heavy atom. The maximum atomic E-state index is 11.0. The molecule has 0 atom stereocenters. The molecule has 0 radical (unpaired) electrons. The van der Waals surface area contributed by atoms with E-state index in [-0.39, 0.29) is 5.91 Å². The van der Waals surface area contributed by atoms with Crippen LogP contribution >= 0.6 is 0 Å². The minimum absolute atomic E-state index is 0.00491. The molecule has 0 aromatic rings. The van der Waals surface area contributed by atoms with E-state index in [0.717, 1.165) is 6.54 Å². The van der Waals surface area contributed by atoms with E-state index in [1.54, 1.807) is 0 Å². The molecular formula is C7H15N5O. The second-order valence-electron chi connectivity index (χ2n) is 2.71. The molecule has 0 aliphatic carbocycles. The molecule has 0 unspecified atom stereocenters. The highest BCUT2D eigenvalue weighted by molar-refractivity contribution is 5.87. The summed E-state index contributed by atoms with van der Waals surface area (Å²) in [5.41, 5.74) is 2.49. The smallest absolute Gasteiger partial charge is 0.239 e. The van der Waals surface area contributed by atoms with Crippen molar-refractivity contribution in [2.75, 3.05) is 26.2 Å². The van der Waals surface area contributed by atoms with Gasteiger partial charge in [-0.2, -0.15) is 0 Å². The van der Waals surface area contributed by atoms with E-state index in [1.165, 1.54) is 0 Å². The van der Waals surface area contributed by atoms with Crippen LogP contribution in [0, 0.1) is 0 Å². The molecule has 1 aliphatic rings. The average molecular weight is 185 g/mol. The minimum Gasteiger partial charge on any atom is -0.353 e. The van der Waals surface area contributed by atoms with Crippen LogP contribution in [0.25, 0.3) is 0 Å². The maximum absolute atomic E-state index is 11.0. The van der Waals surface area contributed by atoms with Gasteiger partial charge in [0.15, 0.2) is 0 Å². The van der Waals surface area contributed by atoms with Crippen molar-refractivity contribution < 1.29 is 4.79 Å². The number of nitrogens with zero attached hydrogens (tertiary/aromatic N) is 2. The number of hydrazine groups is 1. The molecule has 6 heteroatoms. The van der Waals surface area contributed by atoms with Crippen LogP contribution in [0.4, 0.5) is 0 Å². The topological polar surface area (TPSA) is 82.8 Å². The Hall–Kier alpha value is -1.30. The number of hydrogen-bond acceptors (Lipinski definition) is 3. The number of nitrogens with two attached hydrogens (primary N) is 1. The zero-order chi connectivity index (χ0) is 9.68. The van der Waals surface area contributed by atoms with E-state index in [2.05, 4.69) is 15.7 Å². The Bertz CT molecular complexity index is 215. The van der Waals surface area contributed by atoms with Crippen LogP contribution < -0.4 is 16.6 Å². The number of carbonyl (C=O) groups excluding carboxylic acids is 1. The van der Waals surface area contributed by atoms with Crippen molar-refractivity contribution in [1.82, 2.24) is 15.6 Å². The largest absolute Gasteiger partial charge is 0.353 e. The summed E-state index contributed by atoms with van der Waals surface area (Å²) >= 11 is 0. The standard InChI is InChI=1S/C7H15N5O/c1-2-9-7(11-8)12-4-3-10-6(13)5-12/h2-5,8H2,1H3,(H,9,11)(H,10,13). The Labute approximate surface area is 77.1 Å². The Balaban J connectivity index is 2.57. The lowest BCUT2D eigenvalue weighted by molar-refractivity contribution is -0.122. The van der Waals surface area contributed by atoms with Gasteiger partial charge in [-0.25, -0.2) is 5.84 Å².